The summed E-state index contributed by atoms with van der Waals surface area (Å²) in [6.07, 6.45) is 0.740. The van der Waals surface area contributed by atoms with E-state index in [1.54, 1.807) is 0 Å². The molecular formula is C28H27NO2P+. The van der Waals surface area contributed by atoms with E-state index < -0.39 is 7.26 Å². The largest absolute Gasteiger partial charge is 0.275 e. The smallest absolute Gasteiger partial charge is 0.258 e. The minimum Gasteiger partial charge on any atom is -0.258 e. The summed E-state index contributed by atoms with van der Waals surface area (Å²) >= 11 is 0. The molecule has 0 aliphatic heterocycles. The fraction of sp³-hybridized carbons (Fsp3) is 0.143. The summed E-state index contributed by atoms with van der Waals surface area (Å²) in [6.45, 7) is 5.81. The monoisotopic (exact) mass is 440 g/mol. The van der Waals surface area contributed by atoms with Crippen LogP contribution in [0.2, 0.25) is 0 Å². The maximum Gasteiger partial charge on any atom is 0.275 e. The highest BCUT2D eigenvalue weighted by atomic mass is 31.2. The standard InChI is InChI=1S/C28H27NO2P/c1-21-19-22(2)28(29(30)31)23(3)27(21)20-32(24-13-7-4-8-14-24,25-15-9-5-10-16-25)26-17-11-6-12-18-26/h4-19H,20H2,1-3H3/q+1. The van der Waals surface area contributed by atoms with E-state index >= 15 is 0 Å². The molecule has 0 aliphatic carbocycles. The number of hydrogen-bond donors (Lipinski definition) is 0. The molecule has 0 amide bonds. The predicted octanol–water partition coefficient (Wildman–Crippen LogP) is 6.01. The summed E-state index contributed by atoms with van der Waals surface area (Å²) in [5, 5.41) is 15.7. The first kappa shape index (κ1) is 21.9. The Hall–Kier alpha value is -3.29. The van der Waals surface area contributed by atoms with Crippen molar-refractivity contribution in [3.05, 3.63) is 129 Å². The Morgan fingerprint density at radius 3 is 1.47 bits per heavy atom. The minimum absolute atomic E-state index is 0.234. The zero-order valence-corrected chi connectivity index (χ0v) is 19.6. The summed E-state index contributed by atoms with van der Waals surface area (Å²) < 4.78 is 0. The van der Waals surface area contributed by atoms with Crippen molar-refractivity contribution in [2.45, 2.75) is 26.9 Å². The summed E-state index contributed by atoms with van der Waals surface area (Å²) in [7, 11) is -2.12. The molecule has 4 heteroatoms. The van der Waals surface area contributed by atoms with Crippen LogP contribution in [0, 0.1) is 30.9 Å². The van der Waals surface area contributed by atoms with Crippen LogP contribution >= 0.6 is 7.26 Å². The van der Waals surface area contributed by atoms with E-state index in [9.17, 15) is 10.1 Å². The first-order chi connectivity index (χ1) is 15.4. The van der Waals surface area contributed by atoms with Crippen LogP contribution in [-0.2, 0) is 6.16 Å². The van der Waals surface area contributed by atoms with Gasteiger partial charge in [-0.2, -0.15) is 0 Å². The second-order valence-electron chi connectivity index (χ2n) is 8.19. The lowest BCUT2D eigenvalue weighted by molar-refractivity contribution is -0.386. The third-order valence-corrected chi connectivity index (χ3v) is 10.6. The highest BCUT2D eigenvalue weighted by Crippen LogP contribution is 2.59. The van der Waals surface area contributed by atoms with Crippen molar-refractivity contribution in [2.24, 2.45) is 0 Å². The van der Waals surface area contributed by atoms with E-state index in [1.165, 1.54) is 15.9 Å². The maximum atomic E-state index is 11.9. The van der Waals surface area contributed by atoms with Gasteiger partial charge < -0.3 is 0 Å². The van der Waals surface area contributed by atoms with Crippen LogP contribution in [0.1, 0.15) is 22.3 Å². The number of hydrogen-bond acceptors (Lipinski definition) is 2. The van der Waals surface area contributed by atoms with Gasteiger partial charge in [-0.3, -0.25) is 10.1 Å². The lowest BCUT2D eigenvalue weighted by Gasteiger charge is -2.29. The number of nitro benzene ring substituents is 1. The number of rotatable bonds is 6. The Kier molecular flexibility index (Phi) is 6.21. The average Bonchev–Trinajstić information content (AvgIpc) is 2.81. The maximum absolute atomic E-state index is 11.9. The van der Waals surface area contributed by atoms with Crippen LogP contribution in [0.4, 0.5) is 5.69 Å². The molecule has 160 valence electrons. The summed E-state index contributed by atoms with van der Waals surface area (Å²) in [6, 6.07) is 33.9. The Bertz CT molecular complexity index is 1140. The van der Waals surface area contributed by atoms with Crippen molar-refractivity contribution in [3.8, 4) is 0 Å². The first-order valence-corrected chi connectivity index (χ1v) is 12.7. The third kappa shape index (κ3) is 3.85. The molecule has 0 radical (unpaired) electrons. The molecule has 0 saturated heterocycles. The normalized spacial score (nSPS) is 11.3. The van der Waals surface area contributed by atoms with Crippen LogP contribution in [0.25, 0.3) is 0 Å². The Morgan fingerprint density at radius 1 is 0.688 bits per heavy atom. The van der Waals surface area contributed by atoms with Gasteiger partial charge in [-0.25, -0.2) is 0 Å². The van der Waals surface area contributed by atoms with Crippen molar-refractivity contribution in [2.75, 3.05) is 0 Å². The molecule has 0 atom stereocenters. The molecule has 0 fully saturated rings. The minimum atomic E-state index is -2.12. The Labute approximate surface area is 190 Å². The molecule has 4 rings (SSSR count). The van der Waals surface area contributed by atoms with Crippen LogP contribution in [0.3, 0.4) is 0 Å². The zero-order chi connectivity index (χ0) is 22.7. The van der Waals surface area contributed by atoms with E-state index in [2.05, 4.69) is 79.7 Å². The Balaban J connectivity index is 2.07. The summed E-state index contributed by atoms with van der Waals surface area (Å²) in [5.41, 5.74) is 3.92. The van der Waals surface area contributed by atoms with E-state index in [1.807, 2.05) is 38.1 Å². The second kappa shape index (κ2) is 9.06. The SMILES string of the molecule is Cc1cc(C)c([N+](=O)[O-])c(C)c1C[P+](c1ccccc1)(c1ccccc1)c1ccccc1. The molecular weight excluding hydrogens is 413 g/mol. The molecule has 0 saturated carbocycles. The molecule has 0 aromatic heterocycles. The van der Waals surface area contributed by atoms with Gasteiger partial charge in [0.15, 0.2) is 0 Å². The van der Waals surface area contributed by atoms with E-state index in [0.717, 1.165) is 28.4 Å². The highest BCUT2D eigenvalue weighted by molar-refractivity contribution is 7.95. The van der Waals surface area contributed by atoms with Gasteiger partial charge in [-0.15, -0.1) is 0 Å². The van der Waals surface area contributed by atoms with Crippen molar-refractivity contribution in [1.29, 1.82) is 0 Å². The van der Waals surface area contributed by atoms with Crippen LogP contribution < -0.4 is 15.9 Å². The first-order valence-electron chi connectivity index (χ1n) is 10.7. The van der Waals surface area contributed by atoms with Gasteiger partial charge in [0.1, 0.15) is 23.2 Å². The van der Waals surface area contributed by atoms with Gasteiger partial charge in [0, 0.05) is 16.7 Å². The quantitative estimate of drug-likeness (QED) is 0.209. The Morgan fingerprint density at radius 2 is 1.09 bits per heavy atom. The third-order valence-electron chi connectivity index (χ3n) is 6.26. The number of nitrogens with zero attached hydrogens (tertiary/aromatic N) is 1. The molecule has 0 heterocycles. The fourth-order valence-corrected chi connectivity index (χ4v) is 9.19. The van der Waals surface area contributed by atoms with Gasteiger partial charge in [0.2, 0.25) is 0 Å². The number of aryl methyl sites for hydroxylation is 2. The molecule has 3 nitrogen and oxygen atoms in total. The van der Waals surface area contributed by atoms with Gasteiger partial charge in [-0.1, -0.05) is 54.6 Å². The molecule has 0 N–H and O–H groups in total. The fourth-order valence-electron chi connectivity index (χ4n) is 4.74. The number of benzene rings is 4. The molecule has 4 aromatic carbocycles. The molecule has 0 unspecified atom stereocenters. The summed E-state index contributed by atoms with van der Waals surface area (Å²) in [4.78, 5) is 11.7. The van der Waals surface area contributed by atoms with Gasteiger partial charge in [0.25, 0.3) is 5.69 Å². The van der Waals surface area contributed by atoms with Crippen molar-refractivity contribution in [1.82, 2.24) is 0 Å². The molecule has 4 aromatic rings. The van der Waals surface area contributed by atoms with Crippen LogP contribution in [-0.4, -0.2) is 4.92 Å². The predicted molar refractivity (Wildman–Crippen MR) is 136 cm³/mol. The lowest BCUT2D eigenvalue weighted by atomic mass is 9.98. The molecule has 0 bridgehead atoms. The van der Waals surface area contributed by atoms with Gasteiger partial charge >= 0.3 is 0 Å². The van der Waals surface area contributed by atoms with Crippen molar-refractivity contribution < 1.29 is 4.92 Å². The van der Waals surface area contributed by atoms with Gasteiger partial charge in [-0.05, 0) is 68.8 Å². The van der Waals surface area contributed by atoms with Gasteiger partial charge in [0.05, 0.1) is 11.1 Å². The van der Waals surface area contributed by atoms with E-state index in [0.29, 0.717) is 0 Å². The van der Waals surface area contributed by atoms with E-state index in [4.69, 9.17) is 0 Å². The molecule has 0 aliphatic rings. The highest BCUT2D eigenvalue weighted by Gasteiger charge is 2.46. The topological polar surface area (TPSA) is 43.1 Å². The zero-order valence-electron chi connectivity index (χ0n) is 18.7. The van der Waals surface area contributed by atoms with Crippen LogP contribution in [0.15, 0.2) is 97.1 Å². The average molecular weight is 441 g/mol. The molecule has 0 spiro atoms. The lowest BCUT2D eigenvalue weighted by Crippen LogP contribution is -2.32. The molecule has 32 heavy (non-hydrogen) atoms. The second-order valence-corrected chi connectivity index (χ2v) is 11.7. The number of nitro groups is 1. The van der Waals surface area contributed by atoms with E-state index in [-0.39, 0.29) is 10.6 Å². The summed E-state index contributed by atoms with van der Waals surface area (Å²) in [5.74, 6) is 0. The van der Waals surface area contributed by atoms with Crippen molar-refractivity contribution >= 4 is 28.9 Å². The van der Waals surface area contributed by atoms with Crippen LogP contribution in [0.5, 0.6) is 0 Å². The van der Waals surface area contributed by atoms with Crippen molar-refractivity contribution in [3.63, 3.8) is 0 Å².